The monoisotopic (exact) mass is 268 g/mol. The van der Waals surface area contributed by atoms with E-state index in [1.165, 1.54) is 0 Å². The number of nitriles is 1. The predicted molar refractivity (Wildman–Crippen MR) is 70.1 cm³/mol. The molecule has 1 unspecified atom stereocenters. The lowest BCUT2D eigenvalue weighted by atomic mass is 10.0. The summed E-state index contributed by atoms with van der Waals surface area (Å²) in [6.45, 7) is 1.67. The molecule has 0 radical (unpaired) electrons. The van der Waals surface area contributed by atoms with Crippen LogP contribution in [-0.4, -0.2) is 17.5 Å². The summed E-state index contributed by atoms with van der Waals surface area (Å²) in [7, 11) is 0. The van der Waals surface area contributed by atoms with Crippen molar-refractivity contribution in [3.8, 4) is 6.07 Å². The van der Waals surface area contributed by atoms with Crippen LogP contribution < -0.4 is 0 Å². The van der Waals surface area contributed by atoms with E-state index in [0.29, 0.717) is 11.6 Å². The third-order valence-corrected chi connectivity index (χ3v) is 3.75. The molecule has 0 saturated carbocycles. The molecule has 1 aliphatic heterocycles. The summed E-state index contributed by atoms with van der Waals surface area (Å²) in [5.74, 6) is 0. The first kappa shape index (κ1) is 12.7. The van der Waals surface area contributed by atoms with Gasteiger partial charge in [0.05, 0.1) is 12.1 Å². The van der Waals surface area contributed by atoms with Gasteiger partial charge in [0.25, 0.3) is 0 Å². The van der Waals surface area contributed by atoms with Crippen LogP contribution in [0.5, 0.6) is 0 Å². The van der Waals surface area contributed by atoms with Gasteiger partial charge in [0.2, 0.25) is 0 Å². The van der Waals surface area contributed by atoms with Gasteiger partial charge in [-0.25, -0.2) is 0 Å². The van der Waals surface area contributed by atoms with Crippen LogP contribution in [0.25, 0.3) is 0 Å². The Balaban J connectivity index is 2.14. The summed E-state index contributed by atoms with van der Waals surface area (Å²) in [6, 6.07) is 7.85. The molecule has 17 heavy (non-hydrogen) atoms. The van der Waals surface area contributed by atoms with Crippen molar-refractivity contribution in [3.05, 3.63) is 33.8 Å². The first-order valence-corrected chi connectivity index (χ1v) is 6.54. The van der Waals surface area contributed by atoms with Gasteiger partial charge in [0.15, 0.2) is 0 Å². The SMILES string of the molecule is N#CC1CCCCN1Cc1cc(Cl)ccc1Cl. The highest BCUT2D eigenvalue weighted by atomic mass is 35.5. The Morgan fingerprint density at radius 2 is 2.18 bits per heavy atom. The standard InChI is InChI=1S/C13H14Cl2N2/c14-11-4-5-13(15)10(7-11)9-17-6-2-1-3-12(17)8-16/h4-5,7,12H,1-3,6,9H2. The molecule has 0 N–H and O–H groups in total. The zero-order chi connectivity index (χ0) is 12.3. The Bertz CT molecular complexity index is 440. The molecule has 2 nitrogen and oxygen atoms in total. The van der Waals surface area contributed by atoms with Gasteiger partial charge in [-0.15, -0.1) is 0 Å². The molecule has 90 valence electrons. The summed E-state index contributed by atoms with van der Waals surface area (Å²) >= 11 is 12.1. The molecule has 0 aromatic heterocycles. The summed E-state index contributed by atoms with van der Waals surface area (Å²) < 4.78 is 0. The number of likely N-dealkylation sites (tertiary alicyclic amines) is 1. The molecule has 0 aliphatic carbocycles. The van der Waals surface area contributed by atoms with E-state index in [2.05, 4.69) is 11.0 Å². The molecule has 0 spiro atoms. The van der Waals surface area contributed by atoms with Gasteiger partial charge in [0.1, 0.15) is 0 Å². The van der Waals surface area contributed by atoms with Crippen molar-refractivity contribution in [2.75, 3.05) is 6.54 Å². The van der Waals surface area contributed by atoms with Crippen molar-refractivity contribution < 1.29 is 0 Å². The average molecular weight is 269 g/mol. The smallest absolute Gasteiger partial charge is 0.0980 e. The molecule has 1 atom stereocenters. The van der Waals surface area contributed by atoms with Gasteiger partial charge in [-0.2, -0.15) is 5.26 Å². The van der Waals surface area contributed by atoms with Crippen LogP contribution in [0.2, 0.25) is 10.0 Å². The lowest BCUT2D eigenvalue weighted by molar-refractivity contribution is 0.176. The maximum Gasteiger partial charge on any atom is 0.0980 e. The molecule has 0 bridgehead atoms. The molecule has 0 amide bonds. The zero-order valence-corrected chi connectivity index (χ0v) is 11.0. The number of hydrogen-bond acceptors (Lipinski definition) is 2. The minimum absolute atomic E-state index is 0.0128. The minimum atomic E-state index is 0.0128. The fourth-order valence-corrected chi connectivity index (χ4v) is 2.58. The summed E-state index contributed by atoms with van der Waals surface area (Å²) in [4.78, 5) is 2.18. The largest absolute Gasteiger partial charge is 0.284 e. The topological polar surface area (TPSA) is 27.0 Å². The lowest BCUT2D eigenvalue weighted by Crippen LogP contribution is -2.37. The molecular weight excluding hydrogens is 255 g/mol. The predicted octanol–water partition coefficient (Wildman–Crippen LogP) is 3.87. The van der Waals surface area contributed by atoms with Gasteiger partial charge < -0.3 is 0 Å². The van der Waals surface area contributed by atoms with Gasteiger partial charge in [0, 0.05) is 16.6 Å². The fraction of sp³-hybridized carbons (Fsp3) is 0.462. The van der Waals surface area contributed by atoms with Gasteiger partial charge in [-0.05, 0) is 49.6 Å². The number of piperidine rings is 1. The Labute approximate surface area is 112 Å². The van der Waals surface area contributed by atoms with Crippen LogP contribution in [0.1, 0.15) is 24.8 Å². The Morgan fingerprint density at radius 1 is 1.35 bits per heavy atom. The van der Waals surface area contributed by atoms with E-state index in [1.54, 1.807) is 6.07 Å². The van der Waals surface area contributed by atoms with E-state index >= 15 is 0 Å². The second kappa shape index (κ2) is 5.73. The molecule has 4 heteroatoms. The van der Waals surface area contributed by atoms with Crippen LogP contribution >= 0.6 is 23.2 Å². The lowest BCUT2D eigenvalue weighted by Gasteiger charge is -2.31. The zero-order valence-electron chi connectivity index (χ0n) is 9.50. The van der Waals surface area contributed by atoms with E-state index in [4.69, 9.17) is 28.5 Å². The molecule has 1 heterocycles. The highest BCUT2D eigenvalue weighted by Crippen LogP contribution is 2.25. The van der Waals surface area contributed by atoms with E-state index < -0.39 is 0 Å². The van der Waals surface area contributed by atoms with Crippen LogP contribution in [0.4, 0.5) is 0 Å². The van der Waals surface area contributed by atoms with E-state index in [-0.39, 0.29) is 6.04 Å². The highest BCUT2D eigenvalue weighted by molar-refractivity contribution is 6.33. The molecular formula is C13H14Cl2N2. The second-order valence-electron chi connectivity index (χ2n) is 4.35. The van der Waals surface area contributed by atoms with Gasteiger partial charge in [-0.1, -0.05) is 23.2 Å². The molecule has 1 aliphatic rings. The number of rotatable bonds is 2. The van der Waals surface area contributed by atoms with Crippen molar-refractivity contribution >= 4 is 23.2 Å². The van der Waals surface area contributed by atoms with Gasteiger partial charge >= 0.3 is 0 Å². The van der Waals surface area contributed by atoms with Crippen LogP contribution in [0.15, 0.2) is 18.2 Å². The first-order chi connectivity index (χ1) is 8.20. The van der Waals surface area contributed by atoms with E-state index in [1.807, 2.05) is 12.1 Å². The van der Waals surface area contributed by atoms with Crippen molar-refractivity contribution in [3.63, 3.8) is 0 Å². The fourth-order valence-electron chi connectivity index (χ4n) is 2.21. The Morgan fingerprint density at radius 3 is 2.94 bits per heavy atom. The quantitative estimate of drug-likeness (QED) is 0.814. The minimum Gasteiger partial charge on any atom is -0.284 e. The van der Waals surface area contributed by atoms with Gasteiger partial charge in [-0.3, -0.25) is 4.90 Å². The van der Waals surface area contributed by atoms with E-state index in [0.717, 1.165) is 36.4 Å². The van der Waals surface area contributed by atoms with Crippen molar-refractivity contribution in [2.45, 2.75) is 31.8 Å². The molecule has 1 aromatic carbocycles. The Kier molecular flexibility index (Phi) is 4.28. The maximum atomic E-state index is 9.11. The molecule has 1 fully saturated rings. The normalized spacial score (nSPS) is 21.1. The van der Waals surface area contributed by atoms with Crippen molar-refractivity contribution in [1.82, 2.24) is 4.90 Å². The maximum absolute atomic E-state index is 9.11. The first-order valence-electron chi connectivity index (χ1n) is 5.78. The summed E-state index contributed by atoms with van der Waals surface area (Å²) in [5, 5.41) is 10.5. The number of halogens is 2. The second-order valence-corrected chi connectivity index (χ2v) is 5.19. The Hall–Kier alpha value is -0.750. The number of hydrogen-bond donors (Lipinski definition) is 0. The molecule has 1 aromatic rings. The van der Waals surface area contributed by atoms with E-state index in [9.17, 15) is 0 Å². The average Bonchev–Trinajstić information content (AvgIpc) is 2.34. The number of nitrogens with zero attached hydrogens (tertiary/aromatic N) is 2. The third-order valence-electron chi connectivity index (χ3n) is 3.14. The number of benzene rings is 1. The van der Waals surface area contributed by atoms with Crippen LogP contribution in [0, 0.1) is 11.3 Å². The third kappa shape index (κ3) is 3.13. The molecule has 1 saturated heterocycles. The van der Waals surface area contributed by atoms with Crippen LogP contribution in [-0.2, 0) is 6.54 Å². The van der Waals surface area contributed by atoms with Crippen LogP contribution in [0.3, 0.4) is 0 Å². The van der Waals surface area contributed by atoms with Crippen molar-refractivity contribution in [1.29, 1.82) is 5.26 Å². The molecule has 2 rings (SSSR count). The summed E-state index contributed by atoms with van der Waals surface area (Å²) in [6.07, 6.45) is 3.24. The summed E-state index contributed by atoms with van der Waals surface area (Å²) in [5.41, 5.74) is 1.00. The van der Waals surface area contributed by atoms with Crippen molar-refractivity contribution in [2.24, 2.45) is 0 Å². The highest BCUT2D eigenvalue weighted by Gasteiger charge is 2.22.